The third-order valence-electron chi connectivity index (χ3n) is 4.93. The van der Waals surface area contributed by atoms with Crippen LogP contribution in [0.4, 0.5) is 0 Å². The summed E-state index contributed by atoms with van der Waals surface area (Å²) in [6, 6.07) is 7.32. The van der Waals surface area contributed by atoms with Crippen molar-refractivity contribution < 1.29 is 19.4 Å². The molecule has 154 valence electrons. The molecule has 1 N–H and O–H groups in total. The molecule has 0 spiro atoms. The quantitative estimate of drug-likeness (QED) is 0.745. The average Bonchev–Trinajstić information content (AvgIpc) is 2.85. The standard InChI is InChI=1S/C23H33NO4/c1-14(2)16-8-10-17(11-9-16)19-18(21(26)23(5,6)7)20(25)22(27)24(19)12-13-28-15(3)4/h8-11,14-15,19,25H,12-13H2,1-7H3. The summed E-state index contributed by atoms with van der Waals surface area (Å²) in [5.74, 6) is -0.793. The van der Waals surface area contributed by atoms with E-state index in [-0.39, 0.29) is 17.5 Å². The molecule has 0 fully saturated rings. The van der Waals surface area contributed by atoms with Crippen LogP contribution in [-0.4, -0.2) is 41.0 Å². The minimum Gasteiger partial charge on any atom is -0.503 e. The van der Waals surface area contributed by atoms with Crippen molar-refractivity contribution in [3.63, 3.8) is 0 Å². The molecular weight excluding hydrogens is 354 g/mol. The van der Waals surface area contributed by atoms with E-state index >= 15 is 0 Å². The summed E-state index contributed by atoms with van der Waals surface area (Å²) in [5.41, 5.74) is 1.47. The topological polar surface area (TPSA) is 66.8 Å². The Morgan fingerprint density at radius 2 is 1.71 bits per heavy atom. The van der Waals surface area contributed by atoms with Crippen molar-refractivity contribution in [3.05, 3.63) is 46.7 Å². The van der Waals surface area contributed by atoms with Crippen molar-refractivity contribution in [2.75, 3.05) is 13.2 Å². The van der Waals surface area contributed by atoms with Crippen molar-refractivity contribution in [2.45, 2.75) is 66.5 Å². The fourth-order valence-electron chi connectivity index (χ4n) is 3.32. The van der Waals surface area contributed by atoms with Crippen LogP contribution in [0.2, 0.25) is 0 Å². The van der Waals surface area contributed by atoms with Crippen molar-refractivity contribution in [2.24, 2.45) is 5.41 Å². The lowest BCUT2D eigenvalue weighted by Crippen LogP contribution is -2.35. The van der Waals surface area contributed by atoms with Gasteiger partial charge in [0.25, 0.3) is 5.91 Å². The first-order valence-electron chi connectivity index (χ1n) is 9.95. The van der Waals surface area contributed by atoms with Crippen LogP contribution in [0.5, 0.6) is 0 Å². The third kappa shape index (κ3) is 4.64. The van der Waals surface area contributed by atoms with Gasteiger partial charge in [0.15, 0.2) is 11.5 Å². The lowest BCUT2D eigenvalue weighted by atomic mass is 9.82. The van der Waals surface area contributed by atoms with E-state index in [1.54, 1.807) is 25.7 Å². The van der Waals surface area contributed by atoms with E-state index < -0.39 is 23.1 Å². The fraction of sp³-hybridized carbons (Fsp3) is 0.565. The highest BCUT2D eigenvalue weighted by Gasteiger charge is 2.45. The number of hydrogen-bond acceptors (Lipinski definition) is 4. The molecule has 5 nitrogen and oxygen atoms in total. The first-order chi connectivity index (χ1) is 12.9. The van der Waals surface area contributed by atoms with Gasteiger partial charge in [0.2, 0.25) is 0 Å². The average molecular weight is 388 g/mol. The summed E-state index contributed by atoms with van der Waals surface area (Å²) in [7, 11) is 0. The summed E-state index contributed by atoms with van der Waals surface area (Å²) >= 11 is 0. The predicted molar refractivity (Wildman–Crippen MR) is 110 cm³/mol. The molecule has 1 unspecified atom stereocenters. The number of nitrogens with zero attached hydrogens (tertiary/aromatic N) is 1. The number of Topliss-reactive ketones (excluding diaryl/α,β-unsaturated/α-hetero) is 1. The normalized spacial score (nSPS) is 18.0. The highest BCUT2D eigenvalue weighted by molar-refractivity contribution is 6.10. The second-order valence-electron chi connectivity index (χ2n) is 8.98. The van der Waals surface area contributed by atoms with Crippen molar-refractivity contribution in [1.29, 1.82) is 0 Å². The van der Waals surface area contributed by atoms with Gasteiger partial charge in [-0.2, -0.15) is 0 Å². The molecule has 0 aromatic heterocycles. The molecule has 0 saturated heterocycles. The molecule has 1 aliphatic heterocycles. The number of hydrogen-bond donors (Lipinski definition) is 1. The van der Waals surface area contributed by atoms with Crippen LogP contribution in [0.15, 0.2) is 35.6 Å². The zero-order chi connectivity index (χ0) is 21.2. The first kappa shape index (κ1) is 22.2. The van der Waals surface area contributed by atoms with Crippen LogP contribution in [0.25, 0.3) is 0 Å². The smallest absolute Gasteiger partial charge is 0.290 e. The molecule has 1 amide bonds. The van der Waals surface area contributed by atoms with Gasteiger partial charge in [0, 0.05) is 12.0 Å². The van der Waals surface area contributed by atoms with E-state index in [9.17, 15) is 14.7 Å². The Morgan fingerprint density at radius 3 is 2.18 bits per heavy atom. The number of ketones is 1. The summed E-state index contributed by atoms with van der Waals surface area (Å²) in [6.45, 7) is 14.1. The Hall–Kier alpha value is -2.14. The Labute approximate surface area is 168 Å². The van der Waals surface area contributed by atoms with Crippen LogP contribution >= 0.6 is 0 Å². The molecule has 1 atom stereocenters. The molecule has 1 aromatic rings. The largest absolute Gasteiger partial charge is 0.503 e. The third-order valence-corrected chi connectivity index (χ3v) is 4.93. The minimum atomic E-state index is -0.704. The first-order valence-corrected chi connectivity index (χ1v) is 9.95. The van der Waals surface area contributed by atoms with Gasteiger partial charge in [0.1, 0.15) is 0 Å². The second kappa shape index (κ2) is 8.48. The van der Waals surface area contributed by atoms with Gasteiger partial charge in [-0.3, -0.25) is 9.59 Å². The molecule has 5 heteroatoms. The highest BCUT2D eigenvalue weighted by Crippen LogP contribution is 2.41. The van der Waals surface area contributed by atoms with E-state index in [4.69, 9.17) is 4.74 Å². The number of amides is 1. The number of carbonyl (C=O) groups excluding carboxylic acids is 2. The second-order valence-corrected chi connectivity index (χ2v) is 8.98. The monoisotopic (exact) mass is 387 g/mol. The maximum atomic E-state index is 13.1. The lowest BCUT2D eigenvalue weighted by Gasteiger charge is -2.29. The van der Waals surface area contributed by atoms with E-state index in [1.165, 1.54) is 5.56 Å². The van der Waals surface area contributed by atoms with Gasteiger partial charge in [0.05, 0.1) is 24.3 Å². The summed E-state index contributed by atoms with van der Waals surface area (Å²) in [5, 5.41) is 10.6. The molecule has 0 saturated carbocycles. The molecule has 1 aromatic carbocycles. The van der Waals surface area contributed by atoms with Gasteiger partial charge in [-0.05, 0) is 30.9 Å². The van der Waals surface area contributed by atoms with Crippen molar-refractivity contribution in [3.8, 4) is 0 Å². The van der Waals surface area contributed by atoms with Gasteiger partial charge >= 0.3 is 0 Å². The van der Waals surface area contributed by atoms with Gasteiger partial charge in [-0.25, -0.2) is 0 Å². The van der Waals surface area contributed by atoms with E-state index in [0.717, 1.165) is 5.56 Å². The van der Waals surface area contributed by atoms with E-state index in [2.05, 4.69) is 13.8 Å². The molecule has 0 aliphatic carbocycles. The maximum absolute atomic E-state index is 13.1. The van der Waals surface area contributed by atoms with Gasteiger partial charge in [-0.1, -0.05) is 58.9 Å². The highest BCUT2D eigenvalue weighted by atomic mass is 16.5. The number of aliphatic hydroxyl groups is 1. The zero-order valence-corrected chi connectivity index (χ0v) is 18.1. The molecular formula is C23H33NO4. The molecule has 0 radical (unpaired) electrons. The van der Waals surface area contributed by atoms with Crippen LogP contribution in [0.1, 0.15) is 71.6 Å². The molecule has 1 heterocycles. The molecule has 1 aliphatic rings. The minimum absolute atomic E-state index is 0.0405. The summed E-state index contributed by atoms with van der Waals surface area (Å²) in [4.78, 5) is 27.4. The van der Waals surface area contributed by atoms with E-state index in [1.807, 2.05) is 38.1 Å². The SMILES string of the molecule is CC(C)OCCN1C(=O)C(O)=C(C(=O)C(C)(C)C)C1c1ccc(C(C)C)cc1. The number of ether oxygens (including phenoxy) is 1. The van der Waals surface area contributed by atoms with Crippen LogP contribution in [-0.2, 0) is 14.3 Å². The Kier molecular flexibility index (Phi) is 6.71. The summed E-state index contributed by atoms with van der Waals surface area (Å²) < 4.78 is 5.61. The van der Waals surface area contributed by atoms with Crippen LogP contribution < -0.4 is 0 Å². The van der Waals surface area contributed by atoms with Crippen molar-refractivity contribution in [1.82, 2.24) is 4.90 Å². The fourth-order valence-corrected chi connectivity index (χ4v) is 3.32. The van der Waals surface area contributed by atoms with Gasteiger partial charge < -0.3 is 14.7 Å². The lowest BCUT2D eigenvalue weighted by molar-refractivity contribution is -0.130. The van der Waals surface area contributed by atoms with E-state index in [0.29, 0.717) is 19.1 Å². The number of carbonyl (C=O) groups is 2. The van der Waals surface area contributed by atoms with Crippen LogP contribution in [0.3, 0.4) is 0 Å². The van der Waals surface area contributed by atoms with Crippen molar-refractivity contribution >= 4 is 11.7 Å². The molecule has 0 bridgehead atoms. The number of rotatable bonds is 7. The Morgan fingerprint density at radius 1 is 1.14 bits per heavy atom. The molecule has 2 rings (SSSR count). The maximum Gasteiger partial charge on any atom is 0.290 e. The Balaban J connectivity index is 2.46. The number of aliphatic hydroxyl groups excluding tert-OH is 1. The van der Waals surface area contributed by atoms with Crippen LogP contribution in [0, 0.1) is 5.41 Å². The summed E-state index contributed by atoms with van der Waals surface area (Å²) in [6.07, 6.45) is 0.0405. The predicted octanol–water partition coefficient (Wildman–Crippen LogP) is 4.55. The zero-order valence-electron chi connectivity index (χ0n) is 18.1. The Bertz CT molecular complexity index is 754. The number of benzene rings is 1. The molecule has 28 heavy (non-hydrogen) atoms. The van der Waals surface area contributed by atoms with Gasteiger partial charge in [-0.15, -0.1) is 0 Å².